The van der Waals surface area contributed by atoms with Crippen LogP contribution in [-0.2, 0) is 14.8 Å². The molecule has 1 aromatic carbocycles. The van der Waals surface area contributed by atoms with Crippen molar-refractivity contribution in [1.82, 2.24) is 9.21 Å². The van der Waals surface area contributed by atoms with Crippen molar-refractivity contribution < 1.29 is 13.2 Å². The van der Waals surface area contributed by atoms with E-state index in [1.165, 1.54) is 4.31 Å². The van der Waals surface area contributed by atoms with E-state index < -0.39 is 10.0 Å². The third-order valence-corrected chi connectivity index (χ3v) is 7.58. The lowest BCUT2D eigenvalue weighted by Gasteiger charge is -2.36. The van der Waals surface area contributed by atoms with E-state index >= 15 is 0 Å². The Hall–Kier alpha value is -1.15. The number of hydrogen-bond donors (Lipinski definition) is 1. The number of halogens is 1. The molecule has 2 heterocycles. The summed E-state index contributed by atoms with van der Waals surface area (Å²) < 4.78 is 27.4. The smallest absolute Gasteiger partial charge is 0.243 e. The van der Waals surface area contributed by atoms with Gasteiger partial charge in [-0.2, -0.15) is 4.31 Å². The predicted molar refractivity (Wildman–Crippen MR) is 108 cm³/mol. The fourth-order valence-corrected chi connectivity index (χ4v) is 5.71. The van der Waals surface area contributed by atoms with E-state index in [1.807, 2.05) is 30.9 Å². The molecule has 1 atom stereocenters. The molecule has 27 heavy (non-hydrogen) atoms. The second-order valence-electron chi connectivity index (χ2n) is 7.63. The second-order valence-corrected chi connectivity index (χ2v) is 9.54. The number of carbonyl (C=O) groups is 1. The summed E-state index contributed by atoms with van der Waals surface area (Å²) in [5.41, 5.74) is 7.80. The van der Waals surface area contributed by atoms with Crippen LogP contribution in [0.3, 0.4) is 0 Å². The molecule has 2 fully saturated rings. The van der Waals surface area contributed by atoms with Gasteiger partial charge in [-0.3, -0.25) is 4.79 Å². The van der Waals surface area contributed by atoms with Crippen molar-refractivity contribution in [2.45, 2.75) is 50.5 Å². The lowest BCUT2D eigenvalue weighted by atomic mass is 9.95. The molecule has 0 bridgehead atoms. The normalized spacial score (nSPS) is 22.3. The first-order valence-electron chi connectivity index (χ1n) is 9.41. The highest BCUT2D eigenvalue weighted by Crippen LogP contribution is 2.27. The highest BCUT2D eigenvalue weighted by molar-refractivity contribution is 7.89. The Balaban J connectivity index is 0.00000261. The van der Waals surface area contributed by atoms with Gasteiger partial charge in [0.25, 0.3) is 0 Å². The van der Waals surface area contributed by atoms with Gasteiger partial charge in [-0.1, -0.05) is 17.7 Å². The molecule has 6 nitrogen and oxygen atoms in total. The van der Waals surface area contributed by atoms with Crippen LogP contribution in [0.2, 0.25) is 0 Å². The average molecular weight is 416 g/mol. The van der Waals surface area contributed by atoms with Crippen LogP contribution in [0.25, 0.3) is 0 Å². The van der Waals surface area contributed by atoms with Crippen LogP contribution in [0.5, 0.6) is 0 Å². The minimum absolute atomic E-state index is 0. The molecule has 1 aromatic rings. The Morgan fingerprint density at radius 1 is 1.11 bits per heavy atom. The topological polar surface area (TPSA) is 83.7 Å². The van der Waals surface area contributed by atoms with Crippen molar-refractivity contribution in [2.75, 3.05) is 26.2 Å². The fourth-order valence-electron chi connectivity index (χ4n) is 4.04. The zero-order valence-electron chi connectivity index (χ0n) is 16.1. The molecule has 8 heteroatoms. The molecule has 2 N–H and O–H groups in total. The van der Waals surface area contributed by atoms with E-state index in [0.717, 1.165) is 30.5 Å². The number of piperidine rings is 2. The van der Waals surface area contributed by atoms with Crippen LogP contribution in [-0.4, -0.2) is 55.8 Å². The number of rotatable bonds is 3. The number of benzene rings is 1. The first kappa shape index (κ1) is 22.1. The molecule has 0 aromatic heterocycles. The van der Waals surface area contributed by atoms with Gasteiger partial charge in [-0.25, -0.2) is 8.42 Å². The van der Waals surface area contributed by atoms with Crippen LogP contribution in [0.1, 0.15) is 36.8 Å². The van der Waals surface area contributed by atoms with Crippen molar-refractivity contribution in [3.8, 4) is 0 Å². The molecular formula is C19H30ClN3O3S. The van der Waals surface area contributed by atoms with E-state index in [9.17, 15) is 13.2 Å². The van der Waals surface area contributed by atoms with Gasteiger partial charge in [-0.05, 0) is 51.2 Å². The SMILES string of the molecule is Cc1ccc(S(=O)(=O)N2CCC(C(=O)N3CCCC(N)C3)CC2)c(C)c1.Cl. The number of aryl methyl sites for hydroxylation is 2. The second kappa shape index (κ2) is 8.90. The summed E-state index contributed by atoms with van der Waals surface area (Å²) in [5.74, 6) is 0.0505. The zero-order valence-corrected chi connectivity index (χ0v) is 17.7. The van der Waals surface area contributed by atoms with Gasteiger partial charge < -0.3 is 10.6 Å². The highest BCUT2D eigenvalue weighted by Gasteiger charge is 2.35. The molecule has 0 aliphatic carbocycles. The largest absolute Gasteiger partial charge is 0.341 e. The van der Waals surface area contributed by atoms with Gasteiger partial charge in [-0.15, -0.1) is 12.4 Å². The number of amides is 1. The third-order valence-electron chi connectivity index (χ3n) is 5.52. The Labute approximate surface area is 168 Å². The number of likely N-dealkylation sites (tertiary alicyclic amines) is 1. The van der Waals surface area contributed by atoms with Crippen molar-refractivity contribution in [3.05, 3.63) is 29.3 Å². The van der Waals surface area contributed by atoms with Crippen LogP contribution in [0, 0.1) is 19.8 Å². The summed E-state index contributed by atoms with van der Waals surface area (Å²) in [6.07, 6.45) is 3.08. The molecule has 1 unspecified atom stereocenters. The van der Waals surface area contributed by atoms with Crippen LogP contribution in [0.15, 0.2) is 23.1 Å². The molecule has 152 valence electrons. The molecule has 0 saturated carbocycles. The van der Waals surface area contributed by atoms with Crippen molar-refractivity contribution in [2.24, 2.45) is 11.7 Å². The molecule has 0 radical (unpaired) electrons. The summed E-state index contributed by atoms with van der Waals surface area (Å²) >= 11 is 0. The van der Waals surface area contributed by atoms with Gasteiger partial charge in [0.1, 0.15) is 0 Å². The van der Waals surface area contributed by atoms with Crippen molar-refractivity contribution >= 4 is 28.3 Å². The van der Waals surface area contributed by atoms with Crippen molar-refractivity contribution in [3.63, 3.8) is 0 Å². The fraction of sp³-hybridized carbons (Fsp3) is 0.632. The van der Waals surface area contributed by atoms with E-state index in [2.05, 4.69) is 0 Å². The van der Waals surface area contributed by atoms with E-state index in [4.69, 9.17) is 5.73 Å². The number of carbonyl (C=O) groups excluding carboxylic acids is 1. The van der Waals surface area contributed by atoms with Crippen LogP contribution in [0.4, 0.5) is 0 Å². The Kier molecular flexibility index (Phi) is 7.30. The maximum atomic E-state index is 13.0. The van der Waals surface area contributed by atoms with Gasteiger partial charge in [0.2, 0.25) is 15.9 Å². The summed E-state index contributed by atoms with van der Waals surface area (Å²) in [4.78, 5) is 15.0. The summed E-state index contributed by atoms with van der Waals surface area (Å²) in [7, 11) is -3.50. The summed E-state index contributed by atoms with van der Waals surface area (Å²) in [6.45, 7) is 5.97. The number of nitrogens with two attached hydrogens (primary N) is 1. The quantitative estimate of drug-likeness (QED) is 0.819. The zero-order chi connectivity index (χ0) is 18.9. The van der Waals surface area contributed by atoms with Gasteiger partial charge >= 0.3 is 0 Å². The summed E-state index contributed by atoms with van der Waals surface area (Å²) in [6, 6.07) is 5.47. The monoisotopic (exact) mass is 415 g/mol. The lowest BCUT2D eigenvalue weighted by Crippen LogP contribution is -2.50. The molecule has 1 amide bonds. The number of nitrogens with zero attached hydrogens (tertiary/aromatic N) is 2. The third kappa shape index (κ3) is 4.83. The first-order chi connectivity index (χ1) is 12.3. The minimum atomic E-state index is -3.50. The molecular weight excluding hydrogens is 386 g/mol. The van der Waals surface area contributed by atoms with Crippen LogP contribution >= 0.6 is 12.4 Å². The predicted octanol–water partition coefficient (Wildman–Crippen LogP) is 2.08. The summed E-state index contributed by atoms with van der Waals surface area (Å²) in [5, 5.41) is 0. The maximum absolute atomic E-state index is 13.0. The Morgan fingerprint density at radius 3 is 2.37 bits per heavy atom. The lowest BCUT2D eigenvalue weighted by molar-refractivity contribution is -0.137. The Morgan fingerprint density at radius 2 is 1.78 bits per heavy atom. The molecule has 0 spiro atoms. The number of sulfonamides is 1. The highest BCUT2D eigenvalue weighted by atomic mass is 35.5. The van der Waals surface area contributed by atoms with Gasteiger partial charge in [0.05, 0.1) is 4.90 Å². The molecule has 2 aliphatic heterocycles. The number of hydrogen-bond acceptors (Lipinski definition) is 4. The van der Waals surface area contributed by atoms with Gasteiger partial charge in [0, 0.05) is 38.1 Å². The average Bonchev–Trinajstić information content (AvgIpc) is 2.61. The van der Waals surface area contributed by atoms with Gasteiger partial charge in [0.15, 0.2) is 0 Å². The molecule has 2 saturated heterocycles. The van der Waals surface area contributed by atoms with E-state index in [1.54, 1.807) is 6.07 Å². The molecule has 2 aliphatic rings. The standard InChI is InChI=1S/C19H29N3O3S.ClH/c1-14-5-6-18(15(2)12-14)26(24,25)22-10-7-16(8-11-22)19(23)21-9-3-4-17(20)13-21;/h5-6,12,16-17H,3-4,7-11,13,20H2,1-2H3;1H. The first-order valence-corrected chi connectivity index (χ1v) is 10.8. The maximum Gasteiger partial charge on any atom is 0.243 e. The van der Waals surface area contributed by atoms with E-state index in [0.29, 0.717) is 37.4 Å². The van der Waals surface area contributed by atoms with E-state index in [-0.39, 0.29) is 30.3 Å². The van der Waals surface area contributed by atoms with Crippen LogP contribution < -0.4 is 5.73 Å². The molecule has 3 rings (SSSR count). The van der Waals surface area contributed by atoms with Crippen molar-refractivity contribution in [1.29, 1.82) is 0 Å². The minimum Gasteiger partial charge on any atom is -0.341 e. The Bertz CT molecular complexity index is 776.